The van der Waals surface area contributed by atoms with E-state index >= 15 is 0 Å². The van der Waals surface area contributed by atoms with Gasteiger partial charge in [-0.2, -0.15) is 0 Å². The summed E-state index contributed by atoms with van der Waals surface area (Å²) in [5.74, 6) is -0.170. The van der Waals surface area contributed by atoms with E-state index in [2.05, 4.69) is 11.9 Å². The molecule has 0 aromatic rings. The van der Waals surface area contributed by atoms with Crippen molar-refractivity contribution in [3.05, 3.63) is 0 Å². The largest absolute Gasteiger partial charge is 0.461 e. The van der Waals surface area contributed by atoms with Gasteiger partial charge in [-0.05, 0) is 19.9 Å². The first-order valence-electron chi connectivity index (χ1n) is 5.71. The minimum Gasteiger partial charge on any atom is -0.461 e. The Morgan fingerprint density at radius 2 is 2.20 bits per heavy atom. The molecular formula is C11H17NO3. The van der Waals surface area contributed by atoms with Gasteiger partial charge in [0.15, 0.2) is 0 Å². The molecule has 5 rings (SSSR count). The molecule has 0 N–H and O–H groups in total. The summed E-state index contributed by atoms with van der Waals surface area (Å²) in [5, 5.41) is 0. The van der Waals surface area contributed by atoms with Gasteiger partial charge in [-0.1, -0.05) is 0 Å². The lowest BCUT2D eigenvalue weighted by molar-refractivity contribution is -0.253. The van der Waals surface area contributed by atoms with Gasteiger partial charge in [0, 0.05) is 19.4 Å². The van der Waals surface area contributed by atoms with Crippen molar-refractivity contribution in [2.45, 2.75) is 56.6 Å². The number of hydrogen-bond donors (Lipinski definition) is 0. The van der Waals surface area contributed by atoms with E-state index in [1.165, 1.54) is 13.3 Å². The van der Waals surface area contributed by atoms with Gasteiger partial charge in [0.1, 0.15) is 6.10 Å². The van der Waals surface area contributed by atoms with Crippen LogP contribution in [-0.2, 0) is 14.3 Å². The molecule has 0 aliphatic carbocycles. The number of fused-ring (bicyclic) bond motifs is 2. The monoisotopic (exact) mass is 211 g/mol. The van der Waals surface area contributed by atoms with Gasteiger partial charge in [-0.15, -0.1) is 0 Å². The zero-order valence-electron chi connectivity index (χ0n) is 9.18. The summed E-state index contributed by atoms with van der Waals surface area (Å²) < 4.78 is 11.3. The van der Waals surface area contributed by atoms with Gasteiger partial charge in [0.25, 0.3) is 0 Å². The molecule has 0 radical (unpaired) electrons. The van der Waals surface area contributed by atoms with Crippen LogP contribution in [0.2, 0.25) is 0 Å². The highest BCUT2D eigenvalue weighted by molar-refractivity contribution is 5.66. The SMILES string of the molecule is CC(=O)OC1CC2OC3CCC2N(C)C13. The third-order valence-electron chi connectivity index (χ3n) is 4.06. The molecule has 5 saturated heterocycles. The first-order valence-corrected chi connectivity index (χ1v) is 5.71. The van der Waals surface area contributed by atoms with Crippen molar-refractivity contribution in [1.29, 1.82) is 0 Å². The molecule has 0 aromatic heterocycles. The third-order valence-corrected chi connectivity index (χ3v) is 4.06. The first kappa shape index (κ1) is 9.60. The van der Waals surface area contributed by atoms with Crippen molar-refractivity contribution in [3.8, 4) is 0 Å². The van der Waals surface area contributed by atoms with Gasteiger partial charge in [-0.3, -0.25) is 9.69 Å². The number of ether oxygens (including phenoxy) is 2. The number of carbonyl (C=O) groups excluding carboxylic acids is 1. The lowest BCUT2D eigenvalue weighted by atomic mass is 9.76. The molecule has 0 saturated carbocycles. The Kier molecular flexibility index (Phi) is 2.04. The zero-order valence-corrected chi connectivity index (χ0v) is 9.18. The van der Waals surface area contributed by atoms with Crippen LogP contribution in [0.5, 0.6) is 0 Å². The van der Waals surface area contributed by atoms with Crippen molar-refractivity contribution in [3.63, 3.8) is 0 Å². The number of hydrogen-bond acceptors (Lipinski definition) is 4. The van der Waals surface area contributed by atoms with Crippen molar-refractivity contribution >= 4 is 5.97 Å². The second-order valence-corrected chi connectivity index (χ2v) is 4.90. The van der Waals surface area contributed by atoms with E-state index in [0.717, 1.165) is 12.8 Å². The Morgan fingerprint density at radius 3 is 2.80 bits per heavy atom. The Labute approximate surface area is 89.5 Å². The second kappa shape index (κ2) is 3.19. The molecule has 5 heterocycles. The normalized spacial score (nSPS) is 48.3. The smallest absolute Gasteiger partial charge is 0.302 e. The summed E-state index contributed by atoms with van der Waals surface area (Å²) in [5.41, 5.74) is 0. The standard InChI is InChI=1S/C11H17NO3/c1-6(13)14-10-5-9-7-3-4-8(15-9)11(10)12(7)2/h7-11H,3-5H2,1-2H3. The van der Waals surface area contributed by atoms with Gasteiger partial charge >= 0.3 is 5.97 Å². The minimum atomic E-state index is -0.170. The number of likely N-dealkylation sites (N-methyl/N-ethyl adjacent to an activating group) is 1. The molecule has 0 amide bonds. The fourth-order valence-electron chi connectivity index (χ4n) is 3.52. The van der Waals surface area contributed by atoms with Crippen LogP contribution >= 0.6 is 0 Å². The molecule has 4 bridgehead atoms. The number of carbonyl (C=O) groups is 1. The van der Waals surface area contributed by atoms with Gasteiger partial charge < -0.3 is 9.47 Å². The summed E-state index contributed by atoms with van der Waals surface area (Å²) in [6.07, 6.45) is 3.85. The van der Waals surface area contributed by atoms with E-state index in [1.807, 2.05) is 0 Å². The Balaban J connectivity index is 1.82. The molecule has 84 valence electrons. The summed E-state index contributed by atoms with van der Waals surface area (Å²) in [6, 6.07) is 0.837. The van der Waals surface area contributed by atoms with Gasteiger partial charge in [0.2, 0.25) is 0 Å². The van der Waals surface area contributed by atoms with Crippen molar-refractivity contribution in [1.82, 2.24) is 4.90 Å². The highest BCUT2D eigenvalue weighted by atomic mass is 16.6. The van der Waals surface area contributed by atoms with Crippen LogP contribution in [0.1, 0.15) is 26.2 Å². The molecule has 5 atom stereocenters. The van der Waals surface area contributed by atoms with E-state index < -0.39 is 0 Å². The Hall–Kier alpha value is -0.610. The van der Waals surface area contributed by atoms with Crippen LogP contribution in [0.4, 0.5) is 0 Å². The lowest BCUT2D eigenvalue weighted by Crippen LogP contribution is -2.72. The van der Waals surface area contributed by atoms with Crippen molar-refractivity contribution in [2.24, 2.45) is 0 Å². The number of rotatable bonds is 1. The summed E-state index contributed by atoms with van der Waals surface area (Å²) in [4.78, 5) is 13.4. The fourth-order valence-corrected chi connectivity index (χ4v) is 3.52. The molecule has 0 spiro atoms. The predicted octanol–water partition coefficient (Wildman–Crippen LogP) is 0.552. The Morgan fingerprint density at radius 1 is 1.40 bits per heavy atom. The molecule has 4 heteroatoms. The molecule has 5 unspecified atom stereocenters. The maximum Gasteiger partial charge on any atom is 0.302 e. The zero-order chi connectivity index (χ0) is 10.6. The van der Waals surface area contributed by atoms with E-state index in [1.54, 1.807) is 0 Å². The maximum atomic E-state index is 11.0. The van der Waals surface area contributed by atoms with Crippen LogP contribution in [-0.4, -0.2) is 48.3 Å². The topological polar surface area (TPSA) is 38.8 Å². The van der Waals surface area contributed by atoms with Crippen molar-refractivity contribution < 1.29 is 14.3 Å². The van der Waals surface area contributed by atoms with Crippen LogP contribution < -0.4 is 0 Å². The lowest BCUT2D eigenvalue weighted by Gasteiger charge is -2.60. The van der Waals surface area contributed by atoms with E-state index in [0.29, 0.717) is 6.04 Å². The third kappa shape index (κ3) is 1.31. The van der Waals surface area contributed by atoms with Gasteiger partial charge in [-0.25, -0.2) is 0 Å². The van der Waals surface area contributed by atoms with E-state index in [4.69, 9.17) is 9.47 Å². The summed E-state index contributed by atoms with van der Waals surface area (Å²) in [7, 11) is 2.13. The van der Waals surface area contributed by atoms with E-state index in [-0.39, 0.29) is 30.3 Å². The average Bonchev–Trinajstić information content (AvgIpc) is 2.15. The molecule has 15 heavy (non-hydrogen) atoms. The summed E-state index contributed by atoms with van der Waals surface area (Å²) >= 11 is 0. The number of nitrogens with zero attached hydrogens (tertiary/aromatic N) is 1. The number of morpholine rings is 1. The van der Waals surface area contributed by atoms with Crippen LogP contribution in [0.3, 0.4) is 0 Å². The van der Waals surface area contributed by atoms with Gasteiger partial charge in [0.05, 0.1) is 18.2 Å². The quantitative estimate of drug-likeness (QED) is 0.594. The Bertz CT molecular complexity index is 290. The average molecular weight is 211 g/mol. The predicted molar refractivity (Wildman–Crippen MR) is 53.4 cm³/mol. The number of piperidine rings is 2. The van der Waals surface area contributed by atoms with E-state index in [9.17, 15) is 4.79 Å². The van der Waals surface area contributed by atoms with Crippen LogP contribution in [0.15, 0.2) is 0 Å². The minimum absolute atomic E-state index is 0.0489. The summed E-state index contributed by atoms with van der Waals surface area (Å²) in [6.45, 7) is 1.49. The first-order chi connectivity index (χ1) is 7.16. The highest BCUT2D eigenvalue weighted by Crippen LogP contribution is 2.43. The van der Waals surface area contributed by atoms with Crippen molar-refractivity contribution in [2.75, 3.05) is 7.05 Å². The molecule has 5 aliphatic rings. The fraction of sp³-hybridized carbons (Fsp3) is 0.909. The molecule has 0 aromatic carbocycles. The second-order valence-electron chi connectivity index (χ2n) is 4.90. The molecule has 4 nitrogen and oxygen atoms in total. The maximum absolute atomic E-state index is 11.0. The van der Waals surface area contributed by atoms with Crippen LogP contribution in [0, 0.1) is 0 Å². The number of esters is 1. The van der Waals surface area contributed by atoms with Crippen LogP contribution in [0.25, 0.3) is 0 Å². The molecule has 5 aliphatic heterocycles. The molecule has 5 fully saturated rings. The highest BCUT2D eigenvalue weighted by Gasteiger charge is 2.55. The molecular weight excluding hydrogens is 194 g/mol.